The zero-order valence-electron chi connectivity index (χ0n) is 16.9. The Hall–Kier alpha value is -1.86. The van der Waals surface area contributed by atoms with Crippen LogP contribution in [0.1, 0.15) is 36.2 Å². The van der Waals surface area contributed by atoms with E-state index in [0.717, 1.165) is 70.6 Å². The van der Waals surface area contributed by atoms with E-state index in [-0.39, 0.29) is 11.8 Å². The van der Waals surface area contributed by atoms with Crippen LogP contribution in [0.25, 0.3) is 0 Å². The lowest BCUT2D eigenvalue weighted by molar-refractivity contribution is -0.141. The minimum Gasteiger partial charge on any atom is -0.378 e. The number of aryl methyl sites for hydroxylation is 1. The number of rotatable bonds is 3. The summed E-state index contributed by atoms with van der Waals surface area (Å²) in [5.41, 5.74) is 0.757. The molecule has 2 amide bonds. The highest BCUT2D eigenvalue weighted by Crippen LogP contribution is 2.26. The summed E-state index contributed by atoms with van der Waals surface area (Å²) < 4.78 is 7.27. The largest absolute Gasteiger partial charge is 0.378 e. The Morgan fingerprint density at radius 3 is 2.43 bits per heavy atom. The second-order valence-electron chi connectivity index (χ2n) is 8.30. The molecule has 0 radical (unpaired) electrons. The number of hydrogen-bond acceptors (Lipinski definition) is 4. The van der Waals surface area contributed by atoms with Crippen molar-refractivity contribution in [2.24, 2.45) is 13.0 Å². The fourth-order valence-corrected chi connectivity index (χ4v) is 4.86. The molecule has 3 saturated heterocycles. The molecule has 28 heavy (non-hydrogen) atoms. The number of aromatic nitrogens is 1. The molecule has 1 aromatic rings. The second kappa shape index (κ2) is 8.66. The molecule has 0 saturated carbocycles. The standard InChI is InChI=1S/C21H32N4O3/c1-22-8-3-5-19(22)21(27)23-10-6-18(7-11-23)25-9-2-4-17(16-25)20(26)24-12-14-28-15-13-24/h3,5,8,17-18H,2,4,6-7,9-16H2,1H3/t17-/m0/s1. The van der Waals surface area contributed by atoms with Gasteiger partial charge in [0.15, 0.2) is 0 Å². The summed E-state index contributed by atoms with van der Waals surface area (Å²) in [5, 5.41) is 0. The number of morpholine rings is 1. The minimum absolute atomic E-state index is 0.120. The number of hydrogen-bond donors (Lipinski definition) is 0. The van der Waals surface area contributed by atoms with Crippen molar-refractivity contribution in [3.05, 3.63) is 24.0 Å². The predicted molar refractivity (Wildman–Crippen MR) is 106 cm³/mol. The van der Waals surface area contributed by atoms with E-state index in [1.165, 1.54) is 0 Å². The molecule has 0 N–H and O–H groups in total. The zero-order valence-corrected chi connectivity index (χ0v) is 16.9. The number of ether oxygens (including phenoxy) is 1. The van der Waals surface area contributed by atoms with Gasteiger partial charge < -0.3 is 19.1 Å². The van der Waals surface area contributed by atoms with Gasteiger partial charge in [0.2, 0.25) is 5.91 Å². The Balaban J connectivity index is 1.30. The quantitative estimate of drug-likeness (QED) is 0.781. The van der Waals surface area contributed by atoms with E-state index in [0.29, 0.717) is 25.2 Å². The van der Waals surface area contributed by atoms with E-state index < -0.39 is 0 Å². The first-order chi connectivity index (χ1) is 13.6. The van der Waals surface area contributed by atoms with Crippen molar-refractivity contribution in [3.63, 3.8) is 0 Å². The van der Waals surface area contributed by atoms with Gasteiger partial charge in [0.05, 0.1) is 19.1 Å². The van der Waals surface area contributed by atoms with Gasteiger partial charge in [0, 0.05) is 52.0 Å². The lowest BCUT2D eigenvalue weighted by atomic mass is 9.92. The van der Waals surface area contributed by atoms with E-state index in [1.807, 2.05) is 39.7 Å². The van der Waals surface area contributed by atoms with Crippen LogP contribution in [0.4, 0.5) is 0 Å². The average molecular weight is 389 g/mol. The van der Waals surface area contributed by atoms with Crippen molar-refractivity contribution in [2.75, 3.05) is 52.5 Å². The molecule has 1 atom stereocenters. The van der Waals surface area contributed by atoms with Gasteiger partial charge in [-0.25, -0.2) is 0 Å². The maximum Gasteiger partial charge on any atom is 0.270 e. The molecule has 154 valence electrons. The first-order valence-corrected chi connectivity index (χ1v) is 10.6. The SMILES string of the molecule is Cn1cccc1C(=O)N1CCC(N2CCC[C@H](C(=O)N3CCOCC3)C2)CC1. The van der Waals surface area contributed by atoms with Crippen molar-refractivity contribution in [3.8, 4) is 0 Å². The summed E-state index contributed by atoms with van der Waals surface area (Å²) in [6.45, 7) is 6.33. The summed E-state index contributed by atoms with van der Waals surface area (Å²) >= 11 is 0. The molecule has 0 spiro atoms. The molecule has 7 heteroatoms. The molecule has 0 bridgehead atoms. The Morgan fingerprint density at radius 1 is 1.00 bits per heavy atom. The summed E-state index contributed by atoms with van der Waals surface area (Å²) in [5.74, 6) is 0.559. The smallest absolute Gasteiger partial charge is 0.270 e. The van der Waals surface area contributed by atoms with Crippen LogP contribution in [0.2, 0.25) is 0 Å². The third-order valence-electron chi connectivity index (χ3n) is 6.56. The van der Waals surface area contributed by atoms with Crippen LogP contribution in [-0.2, 0) is 16.6 Å². The topological polar surface area (TPSA) is 58.0 Å². The van der Waals surface area contributed by atoms with Crippen LogP contribution >= 0.6 is 0 Å². The van der Waals surface area contributed by atoms with Crippen LogP contribution in [0.3, 0.4) is 0 Å². The number of nitrogens with zero attached hydrogens (tertiary/aromatic N) is 4. The molecule has 3 fully saturated rings. The molecule has 3 aliphatic rings. The van der Waals surface area contributed by atoms with Gasteiger partial charge in [0.25, 0.3) is 5.91 Å². The van der Waals surface area contributed by atoms with E-state index in [9.17, 15) is 9.59 Å². The number of amides is 2. The molecular weight excluding hydrogens is 356 g/mol. The molecule has 4 heterocycles. The number of carbonyl (C=O) groups excluding carboxylic acids is 2. The summed E-state index contributed by atoms with van der Waals surface area (Å²) in [4.78, 5) is 32.1. The van der Waals surface area contributed by atoms with Crippen LogP contribution in [0.15, 0.2) is 18.3 Å². The van der Waals surface area contributed by atoms with Gasteiger partial charge in [0.1, 0.15) is 5.69 Å². The van der Waals surface area contributed by atoms with Gasteiger partial charge in [-0.3, -0.25) is 14.5 Å². The van der Waals surface area contributed by atoms with Crippen LogP contribution in [0, 0.1) is 5.92 Å². The first-order valence-electron chi connectivity index (χ1n) is 10.6. The lowest BCUT2D eigenvalue weighted by Gasteiger charge is -2.43. The van der Waals surface area contributed by atoms with Gasteiger partial charge in [-0.2, -0.15) is 0 Å². The molecule has 0 aliphatic carbocycles. The zero-order chi connectivity index (χ0) is 19.5. The number of likely N-dealkylation sites (tertiary alicyclic amines) is 2. The first kappa shape index (κ1) is 19.5. The molecule has 0 unspecified atom stereocenters. The molecule has 0 aromatic carbocycles. The van der Waals surface area contributed by atoms with Gasteiger partial charge in [-0.1, -0.05) is 0 Å². The van der Waals surface area contributed by atoms with Crippen molar-refractivity contribution in [2.45, 2.75) is 31.7 Å². The normalized spacial score (nSPS) is 25.1. The van der Waals surface area contributed by atoms with Crippen molar-refractivity contribution in [1.29, 1.82) is 0 Å². The highest BCUT2D eigenvalue weighted by Gasteiger charge is 2.34. The third kappa shape index (κ3) is 4.10. The van der Waals surface area contributed by atoms with Crippen LogP contribution in [-0.4, -0.2) is 89.6 Å². The number of piperidine rings is 2. The second-order valence-corrected chi connectivity index (χ2v) is 8.30. The fourth-order valence-electron chi connectivity index (χ4n) is 4.86. The monoisotopic (exact) mass is 388 g/mol. The molecule has 1 aromatic heterocycles. The molecule has 4 rings (SSSR count). The predicted octanol–water partition coefficient (Wildman–Crippen LogP) is 1.20. The lowest BCUT2D eigenvalue weighted by Crippen LogP contribution is -2.53. The van der Waals surface area contributed by atoms with Gasteiger partial charge >= 0.3 is 0 Å². The van der Waals surface area contributed by atoms with Crippen molar-refractivity contribution < 1.29 is 14.3 Å². The maximum absolute atomic E-state index is 12.9. The highest BCUT2D eigenvalue weighted by molar-refractivity contribution is 5.92. The van der Waals surface area contributed by atoms with Gasteiger partial charge in [-0.05, 0) is 44.4 Å². The van der Waals surface area contributed by atoms with Crippen LogP contribution in [0.5, 0.6) is 0 Å². The van der Waals surface area contributed by atoms with Crippen LogP contribution < -0.4 is 0 Å². The van der Waals surface area contributed by atoms with Crippen molar-refractivity contribution in [1.82, 2.24) is 19.3 Å². The molecular formula is C21H32N4O3. The third-order valence-corrected chi connectivity index (χ3v) is 6.56. The summed E-state index contributed by atoms with van der Waals surface area (Å²) in [6.07, 6.45) is 5.99. The van der Waals surface area contributed by atoms with Crippen molar-refractivity contribution >= 4 is 11.8 Å². The van der Waals surface area contributed by atoms with E-state index in [2.05, 4.69) is 4.90 Å². The average Bonchev–Trinajstić information content (AvgIpc) is 3.19. The minimum atomic E-state index is 0.120. The summed E-state index contributed by atoms with van der Waals surface area (Å²) in [7, 11) is 1.92. The van der Waals surface area contributed by atoms with E-state index in [1.54, 1.807) is 0 Å². The van der Waals surface area contributed by atoms with Gasteiger partial charge in [-0.15, -0.1) is 0 Å². The Labute approximate surface area is 167 Å². The van der Waals surface area contributed by atoms with E-state index in [4.69, 9.17) is 4.74 Å². The van der Waals surface area contributed by atoms with E-state index >= 15 is 0 Å². The Kier molecular flexibility index (Phi) is 6.01. The number of carbonyl (C=O) groups is 2. The maximum atomic E-state index is 12.9. The molecule has 3 aliphatic heterocycles. The Bertz CT molecular complexity index is 690. The fraction of sp³-hybridized carbons (Fsp3) is 0.714. The summed E-state index contributed by atoms with van der Waals surface area (Å²) in [6, 6.07) is 4.29. The Morgan fingerprint density at radius 2 is 1.75 bits per heavy atom. The molecule has 7 nitrogen and oxygen atoms in total. The highest BCUT2D eigenvalue weighted by atomic mass is 16.5.